The van der Waals surface area contributed by atoms with Gasteiger partial charge in [0.2, 0.25) is 5.82 Å². The van der Waals surface area contributed by atoms with Gasteiger partial charge in [0.1, 0.15) is 11.3 Å². The van der Waals surface area contributed by atoms with E-state index in [1.807, 2.05) is 36.4 Å². The molecule has 0 saturated carbocycles. The van der Waals surface area contributed by atoms with Gasteiger partial charge in [-0.1, -0.05) is 56.6 Å². The number of fused-ring (bicyclic) bond motifs is 2. The number of benzene rings is 3. The molecular weight excluding hydrogens is 462 g/mol. The van der Waals surface area contributed by atoms with Gasteiger partial charge in [0.05, 0.1) is 23.7 Å². The Morgan fingerprint density at radius 2 is 1.89 bits per heavy atom. The van der Waals surface area contributed by atoms with Gasteiger partial charge in [0, 0.05) is 10.4 Å². The molecule has 0 saturated heterocycles. The van der Waals surface area contributed by atoms with Crippen molar-refractivity contribution < 1.29 is 9.15 Å². The van der Waals surface area contributed by atoms with Gasteiger partial charge in [0.15, 0.2) is 5.76 Å². The molecule has 0 aliphatic rings. The van der Waals surface area contributed by atoms with Crippen molar-refractivity contribution in [2.24, 2.45) is 10.5 Å². The lowest BCUT2D eigenvalue weighted by Crippen LogP contribution is -2.20. The first-order chi connectivity index (χ1) is 16.8. The molecule has 0 aliphatic carbocycles. The number of para-hydroxylation sites is 1. The fraction of sp³-hybridized carbons (Fsp3) is 0.179. The monoisotopic (exact) mass is 485 g/mol. The average molecular weight is 486 g/mol. The zero-order valence-electron chi connectivity index (χ0n) is 19.7. The Kier molecular flexibility index (Phi) is 5.91. The van der Waals surface area contributed by atoms with Crippen molar-refractivity contribution in [3.63, 3.8) is 0 Å². The summed E-state index contributed by atoms with van der Waals surface area (Å²) in [6.45, 7) is 6.93. The summed E-state index contributed by atoms with van der Waals surface area (Å²) in [5.74, 6) is 1.46. The van der Waals surface area contributed by atoms with Crippen LogP contribution >= 0.6 is 11.6 Å². The highest BCUT2D eigenvalue weighted by Gasteiger charge is 2.17. The van der Waals surface area contributed by atoms with Gasteiger partial charge in [-0.3, -0.25) is 4.79 Å². The van der Waals surface area contributed by atoms with E-state index >= 15 is 0 Å². The van der Waals surface area contributed by atoms with Gasteiger partial charge < -0.3 is 9.15 Å². The Morgan fingerprint density at radius 1 is 1.06 bits per heavy atom. The van der Waals surface area contributed by atoms with Gasteiger partial charge in [0.25, 0.3) is 5.56 Å². The Bertz CT molecular complexity index is 1630. The minimum Gasteiger partial charge on any atom is -0.493 e. The van der Waals surface area contributed by atoms with E-state index in [9.17, 15) is 4.79 Å². The smallest absolute Gasteiger partial charge is 0.282 e. The van der Waals surface area contributed by atoms with Crippen molar-refractivity contribution in [2.75, 3.05) is 6.61 Å². The maximum absolute atomic E-state index is 13.4. The lowest BCUT2D eigenvalue weighted by molar-refractivity contribution is 0.198. The summed E-state index contributed by atoms with van der Waals surface area (Å²) < 4.78 is 13.2. The van der Waals surface area contributed by atoms with E-state index in [2.05, 4.69) is 25.9 Å². The predicted molar refractivity (Wildman–Crippen MR) is 141 cm³/mol. The second-order valence-electron chi connectivity index (χ2n) is 9.53. The molecule has 7 heteroatoms. The minimum absolute atomic E-state index is 0.0415. The fourth-order valence-corrected chi connectivity index (χ4v) is 3.80. The van der Waals surface area contributed by atoms with Crippen LogP contribution in [0.25, 0.3) is 33.5 Å². The molecule has 35 heavy (non-hydrogen) atoms. The van der Waals surface area contributed by atoms with Crippen LogP contribution < -0.4 is 10.3 Å². The van der Waals surface area contributed by atoms with Crippen LogP contribution in [0, 0.1) is 5.41 Å². The highest BCUT2D eigenvalue weighted by atomic mass is 35.5. The Balaban J connectivity index is 1.60. The van der Waals surface area contributed by atoms with Gasteiger partial charge in [-0.2, -0.15) is 9.78 Å². The molecule has 0 bridgehead atoms. The molecular formula is C28H24ClN3O3. The highest BCUT2D eigenvalue weighted by Crippen LogP contribution is 2.29. The molecule has 0 unspecified atom stereocenters. The van der Waals surface area contributed by atoms with Crippen LogP contribution in [0.15, 0.2) is 87.1 Å². The van der Waals surface area contributed by atoms with E-state index in [1.165, 1.54) is 4.68 Å². The number of hydrogen-bond donors (Lipinski definition) is 0. The van der Waals surface area contributed by atoms with Crippen LogP contribution in [0.5, 0.6) is 5.75 Å². The number of nitrogens with zero attached hydrogens (tertiary/aromatic N) is 3. The Hall–Kier alpha value is -3.90. The summed E-state index contributed by atoms with van der Waals surface area (Å²) in [6, 6.07) is 21.9. The molecule has 0 amide bonds. The molecule has 2 heterocycles. The van der Waals surface area contributed by atoms with Crippen LogP contribution in [0.3, 0.4) is 0 Å². The van der Waals surface area contributed by atoms with Crippen molar-refractivity contribution in [3.05, 3.63) is 93.7 Å². The normalized spacial score (nSPS) is 12.1. The summed E-state index contributed by atoms with van der Waals surface area (Å²) in [7, 11) is 0. The minimum atomic E-state index is -0.291. The van der Waals surface area contributed by atoms with Crippen molar-refractivity contribution in [1.82, 2.24) is 9.66 Å². The van der Waals surface area contributed by atoms with Gasteiger partial charge in [-0.15, -0.1) is 0 Å². The van der Waals surface area contributed by atoms with Gasteiger partial charge in [-0.05, 0) is 59.5 Å². The van der Waals surface area contributed by atoms with Crippen molar-refractivity contribution >= 4 is 39.7 Å². The number of furan rings is 1. The van der Waals surface area contributed by atoms with Gasteiger partial charge >= 0.3 is 0 Å². The van der Waals surface area contributed by atoms with E-state index < -0.39 is 0 Å². The molecule has 0 spiro atoms. The number of rotatable bonds is 5. The topological polar surface area (TPSA) is 69.6 Å². The van der Waals surface area contributed by atoms with Gasteiger partial charge in [-0.25, -0.2) is 4.98 Å². The third kappa shape index (κ3) is 4.98. The molecule has 0 N–H and O–H groups in total. The first-order valence-corrected chi connectivity index (χ1v) is 11.6. The van der Waals surface area contributed by atoms with E-state index in [0.717, 1.165) is 16.7 Å². The maximum Gasteiger partial charge on any atom is 0.282 e. The van der Waals surface area contributed by atoms with Crippen molar-refractivity contribution in [3.8, 4) is 17.3 Å². The molecule has 5 rings (SSSR count). The molecule has 6 nitrogen and oxygen atoms in total. The molecule has 0 radical (unpaired) electrons. The lowest BCUT2D eigenvalue weighted by atomic mass is 9.99. The van der Waals surface area contributed by atoms with E-state index in [4.69, 9.17) is 25.7 Å². The Labute approximate surface area is 207 Å². The third-order valence-corrected chi connectivity index (χ3v) is 5.54. The summed E-state index contributed by atoms with van der Waals surface area (Å²) in [5, 5.41) is 6.39. The molecule has 2 aromatic heterocycles. The lowest BCUT2D eigenvalue weighted by Gasteiger charge is -2.18. The van der Waals surface area contributed by atoms with Crippen LogP contribution in [-0.4, -0.2) is 22.5 Å². The zero-order chi connectivity index (χ0) is 24.6. The van der Waals surface area contributed by atoms with Crippen LogP contribution in [0.4, 0.5) is 0 Å². The molecule has 5 aromatic rings. The number of hydrogen-bond acceptors (Lipinski definition) is 5. The third-order valence-electron chi connectivity index (χ3n) is 5.30. The second-order valence-corrected chi connectivity index (χ2v) is 9.97. The summed E-state index contributed by atoms with van der Waals surface area (Å²) in [4.78, 5) is 18.1. The fourth-order valence-electron chi connectivity index (χ4n) is 3.62. The summed E-state index contributed by atoms with van der Waals surface area (Å²) >= 11 is 6.14. The standard InChI is InChI=1S/C28H24ClN3O3/c1-28(2,3)17-34-21-8-6-7-18(13-21)16-30-32-26(31-23-10-5-4-9-22(23)27(32)33)25-15-19-14-20(29)11-12-24(19)35-25/h4-16H,17H2,1-3H3. The van der Waals surface area contributed by atoms with Crippen LogP contribution in [0.2, 0.25) is 5.02 Å². The summed E-state index contributed by atoms with van der Waals surface area (Å²) in [6.07, 6.45) is 1.62. The predicted octanol–water partition coefficient (Wildman–Crippen LogP) is 6.77. The molecule has 3 aromatic carbocycles. The first-order valence-electron chi connectivity index (χ1n) is 11.3. The number of ether oxygens (including phenoxy) is 1. The first kappa shape index (κ1) is 22.9. The SMILES string of the molecule is CC(C)(C)COc1cccc(C=Nn2c(-c3cc4cc(Cl)ccc4o3)nc3ccccc3c2=O)c1. The van der Waals surface area contributed by atoms with Crippen molar-refractivity contribution in [1.29, 1.82) is 0 Å². The van der Waals surface area contributed by atoms with E-state index in [-0.39, 0.29) is 11.0 Å². The number of aromatic nitrogens is 2. The zero-order valence-corrected chi connectivity index (χ0v) is 20.4. The largest absolute Gasteiger partial charge is 0.493 e. The highest BCUT2D eigenvalue weighted by molar-refractivity contribution is 6.31. The number of halogens is 1. The van der Waals surface area contributed by atoms with Crippen molar-refractivity contribution in [2.45, 2.75) is 20.8 Å². The van der Waals surface area contributed by atoms with E-state index in [1.54, 1.807) is 42.6 Å². The quantitative estimate of drug-likeness (QED) is 0.257. The average Bonchev–Trinajstić information content (AvgIpc) is 3.25. The van der Waals surface area contributed by atoms with E-state index in [0.29, 0.717) is 39.7 Å². The second kappa shape index (κ2) is 9.04. The Morgan fingerprint density at radius 3 is 2.71 bits per heavy atom. The molecule has 176 valence electrons. The molecule has 0 aliphatic heterocycles. The maximum atomic E-state index is 13.4. The van der Waals surface area contributed by atoms with Crippen LogP contribution in [0.1, 0.15) is 26.3 Å². The van der Waals surface area contributed by atoms with Crippen LogP contribution in [-0.2, 0) is 0 Å². The molecule has 0 fully saturated rings. The molecule has 0 atom stereocenters. The summed E-state index contributed by atoms with van der Waals surface area (Å²) in [5.41, 5.74) is 1.75.